The Kier molecular flexibility index (Phi) is 4.37. The van der Waals surface area contributed by atoms with Crippen LogP contribution < -0.4 is 17.0 Å². The van der Waals surface area contributed by atoms with Crippen LogP contribution in [-0.4, -0.2) is 4.98 Å². The third-order valence-corrected chi connectivity index (χ3v) is 3.23. The first kappa shape index (κ1) is 13.8. The van der Waals surface area contributed by atoms with Gasteiger partial charge in [0, 0.05) is 16.8 Å². The van der Waals surface area contributed by atoms with Crippen LogP contribution >= 0.6 is 11.6 Å². The molecular formula is C14H17ClN4. The van der Waals surface area contributed by atoms with Gasteiger partial charge in [-0.15, -0.1) is 0 Å². The van der Waals surface area contributed by atoms with Crippen molar-refractivity contribution in [1.82, 2.24) is 10.4 Å². The largest absolute Gasteiger partial charge is 0.383 e. The second-order valence-corrected chi connectivity index (χ2v) is 4.98. The lowest BCUT2D eigenvalue weighted by Gasteiger charge is -2.18. The minimum absolute atomic E-state index is 0.0918. The summed E-state index contributed by atoms with van der Waals surface area (Å²) in [7, 11) is 0. The van der Waals surface area contributed by atoms with Crippen molar-refractivity contribution < 1.29 is 0 Å². The number of benzene rings is 1. The predicted molar refractivity (Wildman–Crippen MR) is 78.6 cm³/mol. The highest BCUT2D eigenvalue weighted by atomic mass is 35.5. The second-order valence-electron chi connectivity index (χ2n) is 4.54. The van der Waals surface area contributed by atoms with E-state index in [9.17, 15) is 0 Å². The zero-order valence-corrected chi connectivity index (χ0v) is 11.5. The summed E-state index contributed by atoms with van der Waals surface area (Å²) in [6, 6.07) is 9.60. The van der Waals surface area contributed by atoms with Gasteiger partial charge in [-0.25, -0.2) is 4.98 Å². The van der Waals surface area contributed by atoms with Crippen LogP contribution in [0.4, 0.5) is 5.82 Å². The molecule has 0 aliphatic rings. The average Bonchev–Trinajstić information content (AvgIpc) is 2.39. The van der Waals surface area contributed by atoms with Gasteiger partial charge in [0.05, 0.1) is 6.04 Å². The molecule has 0 radical (unpaired) electrons. The molecule has 4 nitrogen and oxygen atoms in total. The van der Waals surface area contributed by atoms with E-state index in [0.717, 1.165) is 16.7 Å². The van der Waals surface area contributed by atoms with Crippen molar-refractivity contribution in [3.8, 4) is 0 Å². The number of pyridine rings is 1. The van der Waals surface area contributed by atoms with Crippen LogP contribution in [0.1, 0.15) is 22.7 Å². The number of anilines is 1. The van der Waals surface area contributed by atoms with Gasteiger partial charge in [0.15, 0.2) is 0 Å². The topological polar surface area (TPSA) is 77.0 Å². The molecule has 100 valence electrons. The number of hydrazine groups is 1. The lowest BCUT2D eigenvalue weighted by atomic mass is 9.99. The van der Waals surface area contributed by atoms with Gasteiger partial charge >= 0.3 is 0 Å². The summed E-state index contributed by atoms with van der Waals surface area (Å²) in [5.41, 5.74) is 11.8. The summed E-state index contributed by atoms with van der Waals surface area (Å²) >= 11 is 5.99. The Morgan fingerprint density at radius 1 is 1.37 bits per heavy atom. The third kappa shape index (κ3) is 3.44. The van der Waals surface area contributed by atoms with Gasteiger partial charge in [-0.05, 0) is 42.7 Å². The minimum atomic E-state index is -0.0918. The lowest BCUT2D eigenvalue weighted by molar-refractivity contribution is 0.552. The Morgan fingerprint density at radius 3 is 2.84 bits per heavy atom. The second kappa shape index (κ2) is 6.02. The number of rotatable bonds is 4. The van der Waals surface area contributed by atoms with E-state index in [2.05, 4.69) is 10.4 Å². The van der Waals surface area contributed by atoms with Gasteiger partial charge in [0.1, 0.15) is 5.82 Å². The summed E-state index contributed by atoms with van der Waals surface area (Å²) in [5.74, 6) is 6.14. The van der Waals surface area contributed by atoms with E-state index >= 15 is 0 Å². The van der Waals surface area contributed by atoms with Crippen molar-refractivity contribution in [2.45, 2.75) is 19.4 Å². The van der Waals surface area contributed by atoms with Crippen molar-refractivity contribution in [2.75, 3.05) is 5.73 Å². The molecule has 0 aliphatic carbocycles. The molecule has 1 heterocycles. The molecule has 5 N–H and O–H groups in total. The molecule has 2 aromatic rings. The van der Waals surface area contributed by atoms with Crippen LogP contribution in [0.15, 0.2) is 36.5 Å². The molecule has 0 saturated heterocycles. The molecule has 0 saturated carbocycles. The molecule has 0 aliphatic heterocycles. The first-order valence-corrected chi connectivity index (χ1v) is 6.40. The average molecular weight is 277 g/mol. The summed E-state index contributed by atoms with van der Waals surface area (Å²) in [6.07, 6.45) is 2.44. The summed E-state index contributed by atoms with van der Waals surface area (Å²) < 4.78 is 0. The van der Waals surface area contributed by atoms with Gasteiger partial charge in [0.25, 0.3) is 0 Å². The summed E-state index contributed by atoms with van der Waals surface area (Å²) in [6.45, 7) is 1.98. The number of hydrogen-bond acceptors (Lipinski definition) is 4. The molecule has 0 fully saturated rings. The Hall–Kier alpha value is -1.62. The summed E-state index contributed by atoms with van der Waals surface area (Å²) in [4.78, 5) is 4.16. The van der Waals surface area contributed by atoms with Crippen molar-refractivity contribution in [2.24, 2.45) is 5.84 Å². The van der Waals surface area contributed by atoms with Crippen molar-refractivity contribution >= 4 is 17.4 Å². The number of nitrogen functional groups attached to an aromatic ring is 1. The van der Waals surface area contributed by atoms with Gasteiger partial charge in [-0.3, -0.25) is 11.3 Å². The van der Waals surface area contributed by atoms with Gasteiger partial charge in [0.2, 0.25) is 0 Å². The predicted octanol–water partition coefficient (Wildman–Crippen LogP) is 2.37. The zero-order chi connectivity index (χ0) is 13.8. The quantitative estimate of drug-likeness (QED) is 0.592. The highest BCUT2D eigenvalue weighted by Gasteiger charge is 2.14. The molecule has 2 rings (SSSR count). The molecular weight excluding hydrogens is 260 g/mol. The van der Waals surface area contributed by atoms with E-state index < -0.39 is 0 Å². The zero-order valence-electron chi connectivity index (χ0n) is 10.7. The number of hydrogen-bond donors (Lipinski definition) is 3. The number of nitrogens with two attached hydrogens (primary N) is 2. The Labute approximate surface area is 117 Å². The fourth-order valence-corrected chi connectivity index (χ4v) is 2.25. The van der Waals surface area contributed by atoms with Crippen molar-refractivity contribution in [1.29, 1.82) is 0 Å². The number of halogens is 1. The third-order valence-electron chi connectivity index (χ3n) is 2.99. The van der Waals surface area contributed by atoms with Crippen LogP contribution in [0.2, 0.25) is 5.02 Å². The molecule has 1 unspecified atom stereocenters. The van der Waals surface area contributed by atoms with Crippen molar-refractivity contribution in [3.05, 3.63) is 58.2 Å². The maximum absolute atomic E-state index is 5.99. The highest BCUT2D eigenvalue weighted by molar-refractivity contribution is 6.30. The van der Waals surface area contributed by atoms with Crippen LogP contribution in [0.5, 0.6) is 0 Å². The summed E-state index contributed by atoms with van der Waals surface area (Å²) in [5, 5.41) is 0.712. The monoisotopic (exact) mass is 276 g/mol. The van der Waals surface area contributed by atoms with E-state index in [4.69, 9.17) is 23.2 Å². The molecule has 0 spiro atoms. The molecule has 1 aromatic heterocycles. The fraction of sp³-hybridized carbons (Fsp3) is 0.214. The maximum Gasteiger partial charge on any atom is 0.128 e. The normalized spacial score (nSPS) is 12.4. The Bertz CT molecular complexity index is 571. The van der Waals surface area contributed by atoms with Gasteiger partial charge in [-0.2, -0.15) is 0 Å². The highest BCUT2D eigenvalue weighted by Crippen LogP contribution is 2.23. The van der Waals surface area contributed by atoms with Crippen LogP contribution in [0.25, 0.3) is 0 Å². The number of nitrogens with one attached hydrogen (secondary N) is 1. The fourth-order valence-electron chi connectivity index (χ4n) is 2.04. The molecule has 0 amide bonds. The number of nitrogens with zero attached hydrogens (tertiary/aromatic N) is 1. The number of aryl methyl sites for hydroxylation is 1. The number of aromatic nitrogens is 1. The molecule has 1 atom stereocenters. The Morgan fingerprint density at radius 2 is 2.16 bits per heavy atom. The van der Waals surface area contributed by atoms with Crippen LogP contribution in [0, 0.1) is 6.92 Å². The van der Waals surface area contributed by atoms with Crippen LogP contribution in [-0.2, 0) is 6.42 Å². The van der Waals surface area contributed by atoms with E-state index in [-0.39, 0.29) is 6.04 Å². The maximum atomic E-state index is 5.99. The van der Waals surface area contributed by atoms with Gasteiger partial charge in [-0.1, -0.05) is 23.7 Å². The van der Waals surface area contributed by atoms with Gasteiger partial charge < -0.3 is 5.73 Å². The van der Waals surface area contributed by atoms with Crippen LogP contribution in [0.3, 0.4) is 0 Å². The van der Waals surface area contributed by atoms with E-state index in [0.29, 0.717) is 17.3 Å². The smallest absolute Gasteiger partial charge is 0.128 e. The first-order valence-electron chi connectivity index (χ1n) is 6.02. The molecule has 1 aromatic carbocycles. The molecule has 5 heteroatoms. The van der Waals surface area contributed by atoms with E-state index in [1.165, 1.54) is 0 Å². The minimum Gasteiger partial charge on any atom is -0.383 e. The SMILES string of the molecule is Cc1cnc(N)c(C(Cc2cccc(Cl)c2)NN)c1. The Balaban J connectivity index is 2.27. The van der Waals surface area contributed by atoms with Crippen molar-refractivity contribution in [3.63, 3.8) is 0 Å². The van der Waals surface area contributed by atoms with E-state index in [1.54, 1.807) is 6.20 Å². The van der Waals surface area contributed by atoms with E-state index in [1.807, 2.05) is 37.3 Å². The lowest BCUT2D eigenvalue weighted by Crippen LogP contribution is -2.30. The first-order chi connectivity index (χ1) is 9.10. The molecule has 19 heavy (non-hydrogen) atoms. The standard InChI is InChI=1S/C14H17ClN4/c1-9-5-12(14(16)18-8-9)13(19-17)7-10-3-2-4-11(15)6-10/h2-6,8,13,19H,7,17H2,1H3,(H2,16,18). The molecule has 0 bridgehead atoms.